The fraction of sp³-hybridized carbons (Fsp3) is 0.462. The highest BCUT2D eigenvalue weighted by Crippen LogP contribution is 2.18. The molecule has 1 amide bonds. The number of anilines is 2. The summed E-state index contributed by atoms with van der Waals surface area (Å²) < 4.78 is 5.21. The van der Waals surface area contributed by atoms with Crippen LogP contribution < -0.4 is 10.6 Å². The van der Waals surface area contributed by atoms with E-state index in [0.29, 0.717) is 12.2 Å². The summed E-state index contributed by atoms with van der Waals surface area (Å²) in [5.74, 6) is 0. The largest absolute Gasteiger partial charge is 0.446 e. The molecular weight excluding hydrogens is 216 g/mol. The summed E-state index contributed by atoms with van der Waals surface area (Å²) in [6.07, 6.45) is 0.444. The highest BCUT2D eigenvalue weighted by Gasteiger charge is 2.17. The van der Waals surface area contributed by atoms with Gasteiger partial charge in [0.2, 0.25) is 0 Å². The fourth-order valence-electron chi connectivity index (χ4n) is 1.47. The van der Waals surface area contributed by atoms with E-state index in [-0.39, 0.29) is 12.2 Å². The summed E-state index contributed by atoms with van der Waals surface area (Å²) in [4.78, 5) is 13.5. The van der Waals surface area contributed by atoms with Crippen LogP contribution in [0, 0.1) is 0 Å². The van der Waals surface area contributed by atoms with Gasteiger partial charge in [0, 0.05) is 17.9 Å². The van der Waals surface area contributed by atoms with E-state index in [1.807, 2.05) is 32.9 Å². The predicted molar refractivity (Wildman–Crippen MR) is 70.1 cm³/mol. The SMILES string of the molecule is CCCN(C(=O)OC(C)C)c1ccc(N)cc1. The Balaban J connectivity index is 2.84. The molecule has 0 heterocycles. The van der Waals surface area contributed by atoms with Gasteiger partial charge >= 0.3 is 6.09 Å². The fourth-order valence-corrected chi connectivity index (χ4v) is 1.47. The number of nitrogens with zero attached hydrogens (tertiary/aromatic N) is 1. The molecule has 94 valence electrons. The molecule has 0 bridgehead atoms. The Bertz CT molecular complexity index is 360. The lowest BCUT2D eigenvalue weighted by atomic mass is 10.2. The minimum atomic E-state index is -0.313. The Hall–Kier alpha value is -1.71. The van der Waals surface area contributed by atoms with Gasteiger partial charge in [-0.15, -0.1) is 0 Å². The van der Waals surface area contributed by atoms with Crippen LogP contribution in [0.3, 0.4) is 0 Å². The van der Waals surface area contributed by atoms with E-state index in [4.69, 9.17) is 10.5 Å². The maximum atomic E-state index is 11.9. The molecule has 1 aromatic rings. The van der Waals surface area contributed by atoms with Crippen LogP contribution in [0.1, 0.15) is 27.2 Å². The first kappa shape index (κ1) is 13.4. The zero-order chi connectivity index (χ0) is 12.8. The van der Waals surface area contributed by atoms with Crippen LogP contribution in [-0.4, -0.2) is 18.7 Å². The second-order valence-corrected chi connectivity index (χ2v) is 4.18. The first-order valence-corrected chi connectivity index (χ1v) is 5.88. The van der Waals surface area contributed by atoms with Crippen molar-refractivity contribution in [3.05, 3.63) is 24.3 Å². The minimum absolute atomic E-state index is 0.115. The zero-order valence-corrected chi connectivity index (χ0v) is 10.6. The van der Waals surface area contributed by atoms with Gasteiger partial charge in [0.1, 0.15) is 0 Å². The molecule has 4 nitrogen and oxygen atoms in total. The van der Waals surface area contributed by atoms with E-state index >= 15 is 0 Å². The molecule has 0 aliphatic heterocycles. The Labute approximate surface area is 102 Å². The number of hydrogen-bond donors (Lipinski definition) is 1. The van der Waals surface area contributed by atoms with Crippen molar-refractivity contribution in [2.45, 2.75) is 33.3 Å². The second-order valence-electron chi connectivity index (χ2n) is 4.18. The van der Waals surface area contributed by atoms with Crippen LogP contribution in [0.4, 0.5) is 16.2 Å². The van der Waals surface area contributed by atoms with Gasteiger partial charge in [-0.2, -0.15) is 0 Å². The van der Waals surface area contributed by atoms with Crippen molar-refractivity contribution < 1.29 is 9.53 Å². The quantitative estimate of drug-likeness (QED) is 0.817. The summed E-state index contributed by atoms with van der Waals surface area (Å²) in [6, 6.07) is 7.21. The lowest BCUT2D eigenvalue weighted by Gasteiger charge is -2.23. The van der Waals surface area contributed by atoms with Gasteiger partial charge in [-0.1, -0.05) is 6.92 Å². The zero-order valence-electron chi connectivity index (χ0n) is 10.6. The summed E-state index contributed by atoms with van der Waals surface area (Å²) in [7, 11) is 0. The summed E-state index contributed by atoms with van der Waals surface area (Å²) >= 11 is 0. The number of carbonyl (C=O) groups is 1. The van der Waals surface area contributed by atoms with E-state index in [9.17, 15) is 4.79 Å². The van der Waals surface area contributed by atoms with Crippen molar-refractivity contribution in [2.75, 3.05) is 17.2 Å². The number of ether oxygens (including phenoxy) is 1. The maximum Gasteiger partial charge on any atom is 0.414 e. The molecule has 0 aliphatic rings. The number of carbonyl (C=O) groups excluding carboxylic acids is 1. The predicted octanol–water partition coefficient (Wildman–Crippen LogP) is 3.03. The van der Waals surface area contributed by atoms with Crippen LogP contribution in [-0.2, 0) is 4.74 Å². The van der Waals surface area contributed by atoms with Gasteiger partial charge in [-0.3, -0.25) is 4.90 Å². The maximum absolute atomic E-state index is 11.9. The molecule has 0 aromatic heterocycles. The number of nitrogen functional groups attached to an aromatic ring is 1. The standard InChI is InChI=1S/C13H20N2O2/c1-4-9-15(13(16)17-10(2)3)12-7-5-11(14)6-8-12/h5-8,10H,4,9,14H2,1-3H3. The molecule has 2 N–H and O–H groups in total. The Kier molecular flexibility index (Phi) is 4.82. The molecule has 0 fully saturated rings. The number of hydrogen-bond acceptors (Lipinski definition) is 3. The van der Waals surface area contributed by atoms with Gasteiger partial charge in [0.25, 0.3) is 0 Å². The molecular formula is C13H20N2O2. The molecule has 0 atom stereocenters. The van der Waals surface area contributed by atoms with E-state index in [0.717, 1.165) is 12.1 Å². The van der Waals surface area contributed by atoms with Gasteiger partial charge in [-0.05, 0) is 44.5 Å². The Morgan fingerprint density at radius 1 is 1.35 bits per heavy atom. The van der Waals surface area contributed by atoms with E-state index in [2.05, 4.69) is 0 Å². The first-order chi connectivity index (χ1) is 8.04. The van der Waals surface area contributed by atoms with Gasteiger partial charge in [0.15, 0.2) is 0 Å². The van der Waals surface area contributed by atoms with Crippen LogP contribution >= 0.6 is 0 Å². The molecule has 0 unspecified atom stereocenters. The highest BCUT2D eigenvalue weighted by molar-refractivity contribution is 5.87. The van der Waals surface area contributed by atoms with E-state index in [1.54, 1.807) is 17.0 Å². The third kappa shape index (κ3) is 3.98. The van der Waals surface area contributed by atoms with Crippen molar-refractivity contribution in [2.24, 2.45) is 0 Å². The van der Waals surface area contributed by atoms with Gasteiger partial charge in [-0.25, -0.2) is 4.79 Å². The lowest BCUT2D eigenvalue weighted by molar-refractivity contribution is 0.122. The van der Waals surface area contributed by atoms with Crippen molar-refractivity contribution in [1.29, 1.82) is 0 Å². The Morgan fingerprint density at radius 3 is 2.41 bits per heavy atom. The molecule has 0 aliphatic carbocycles. The normalized spacial score (nSPS) is 10.4. The lowest BCUT2D eigenvalue weighted by Crippen LogP contribution is -2.33. The number of benzene rings is 1. The molecule has 0 saturated carbocycles. The topological polar surface area (TPSA) is 55.6 Å². The van der Waals surface area contributed by atoms with Crippen molar-refractivity contribution in [3.63, 3.8) is 0 Å². The summed E-state index contributed by atoms with van der Waals surface area (Å²) in [5, 5.41) is 0. The highest BCUT2D eigenvalue weighted by atomic mass is 16.6. The monoisotopic (exact) mass is 236 g/mol. The van der Waals surface area contributed by atoms with Crippen LogP contribution in [0.25, 0.3) is 0 Å². The third-order valence-electron chi connectivity index (χ3n) is 2.21. The van der Waals surface area contributed by atoms with E-state index in [1.165, 1.54) is 0 Å². The second kappa shape index (κ2) is 6.13. The van der Waals surface area contributed by atoms with Crippen LogP contribution in [0.5, 0.6) is 0 Å². The van der Waals surface area contributed by atoms with Gasteiger partial charge in [0.05, 0.1) is 6.10 Å². The number of amides is 1. The van der Waals surface area contributed by atoms with Crippen LogP contribution in [0.2, 0.25) is 0 Å². The van der Waals surface area contributed by atoms with Gasteiger partial charge < -0.3 is 10.5 Å². The van der Waals surface area contributed by atoms with E-state index < -0.39 is 0 Å². The molecule has 0 saturated heterocycles. The van der Waals surface area contributed by atoms with Crippen molar-refractivity contribution >= 4 is 17.5 Å². The molecule has 0 radical (unpaired) electrons. The minimum Gasteiger partial charge on any atom is -0.446 e. The smallest absolute Gasteiger partial charge is 0.414 e. The van der Waals surface area contributed by atoms with Crippen molar-refractivity contribution in [3.8, 4) is 0 Å². The molecule has 0 spiro atoms. The van der Waals surface area contributed by atoms with Crippen molar-refractivity contribution in [1.82, 2.24) is 0 Å². The molecule has 17 heavy (non-hydrogen) atoms. The summed E-state index contributed by atoms with van der Waals surface area (Å²) in [6.45, 7) is 6.33. The average molecular weight is 236 g/mol. The molecule has 1 aromatic carbocycles. The number of rotatable bonds is 4. The Morgan fingerprint density at radius 2 is 1.94 bits per heavy atom. The first-order valence-electron chi connectivity index (χ1n) is 5.88. The molecule has 1 rings (SSSR count). The average Bonchev–Trinajstić information content (AvgIpc) is 2.26. The van der Waals surface area contributed by atoms with Crippen LogP contribution in [0.15, 0.2) is 24.3 Å². The number of nitrogens with two attached hydrogens (primary N) is 1. The summed E-state index contributed by atoms with van der Waals surface area (Å²) in [5.41, 5.74) is 7.12. The third-order valence-corrected chi connectivity index (χ3v) is 2.21. The molecule has 4 heteroatoms.